The first-order valence-corrected chi connectivity index (χ1v) is 6.98. The Balaban J connectivity index is 2.45. The van der Waals surface area contributed by atoms with Gasteiger partial charge in [0.2, 0.25) is 0 Å². The van der Waals surface area contributed by atoms with E-state index in [9.17, 15) is 4.79 Å². The minimum atomic E-state index is 0.0429. The van der Waals surface area contributed by atoms with E-state index in [1.54, 1.807) is 0 Å². The van der Waals surface area contributed by atoms with Crippen molar-refractivity contribution < 1.29 is 4.79 Å². The minimum Gasteiger partial charge on any atom is -0.384 e. The summed E-state index contributed by atoms with van der Waals surface area (Å²) in [7, 11) is 0. The van der Waals surface area contributed by atoms with Crippen molar-refractivity contribution in [2.24, 2.45) is 0 Å². The first kappa shape index (κ1) is 14.1. The van der Waals surface area contributed by atoms with Crippen LogP contribution in [0.2, 0.25) is 0 Å². The van der Waals surface area contributed by atoms with Gasteiger partial charge in [-0.2, -0.15) is 0 Å². The molecule has 0 aliphatic rings. The van der Waals surface area contributed by atoms with Gasteiger partial charge in [-0.05, 0) is 26.0 Å². The second-order valence-corrected chi connectivity index (χ2v) is 4.48. The second kappa shape index (κ2) is 6.75. The zero-order valence-corrected chi connectivity index (χ0v) is 11.9. The maximum Gasteiger partial charge on any atom is 0.195 e. The molecule has 0 atom stereocenters. The maximum atomic E-state index is 12.6. The Labute approximate surface area is 120 Å². The second-order valence-electron chi connectivity index (χ2n) is 4.48. The largest absolute Gasteiger partial charge is 0.384 e. The lowest BCUT2D eigenvalue weighted by molar-refractivity contribution is 0.103. The van der Waals surface area contributed by atoms with Crippen molar-refractivity contribution in [3.63, 3.8) is 0 Å². The first-order chi connectivity index (χ1) is 9.77. The predicted molar refractivity (Wildman–Crippen MR) is 84.6 cm³/mol. The normalized spacial score (nSPS) is 10.1. The van der Waals surface area contributed by atoms with Crippen molar-refractivity contribution in [2.75, 3.05) is 23.7 Å². The molecule has 2 aromatic carbocycles. The molecule has 3 heteroatoms. The molecule has 0 fully saturated rings. The number of para-hydroxylation sites is 1. The van der Waals surface area contributed by atoms with Gasteiger partial charge in [0.05, 0.1) is 11.4 Å². The van der Waals surface area contributed by atoms with Gasteiger partial charge in [-0.3, -0.25) is 4.79 Å². The van der Waals surface area contributed by atoms with Crippen LogP contribution in [0.4, 0.5) is 11.4 Å². The standard InChI is InChI=1S/C17H20N2O/c1-3-18-15-12-8-11-14(16(15)19-4-2)17(20)13-9-6-5-7-10-13/h5-12,18-19H,3-4H2,1-2H3. The van der Waals surface area contributed by atoms with Gasteiger partial charge in [-0.25, -0.2) is 0 Å². The molecule has 2 rings (SSSR count). The number of nitrogens with one attached hydrogen (secondary N) is 2. The molecule has 2 N–H and O–H groups in total. The summed E-state index contributed by atoms with van der Waals surface area (Å²) in [4.78, 5) is 12.6. The first-order valence-electron chi connectivity index (χ1n) is 6.98. The summed E-state index contributed by atoms with van der Waals surface area (Å²) in [6.07, 6.45) is 0. The highest BCUT2D eigenvalue weighted by Gasteiger charge is 2.15. The fourth-order valence-corrected chi connectivity index (χ4v) is 2.19. The Morgan fingerprint density at radius 2 is 1.60 bits per heavy atom. The Morgan fingerprint density at radius 1 is 0.900 bits per heavy atom. The van der Waals surface area contributed by atoms with Crippen LogP contribution in [-0.2, 0) is 0 Å². The number of hydrogen-bond donors (Lipinski definition) is 2. The van der Waals surface area contributed by atoms with Crippen molar-refractivity contribution in [1.82, 2.24) is 0 Å². The Hall–Kier alpha value is -2.29. The average molecular weight is 268 g/mol. The molecule has 104 valence electrons. The SMILES string of the molecule is CCNc1cccc(C(=O)c2ccccc2)c1NCC. The van der Waals surface area contributed by atoms with Crippen LogP contribution in [-0.4, -0.2) is 18.9 Å². The van der Waals surface area contributed by atoms with Gasteiger partial charge >= 0.3 is 0 Å². The van der Waals surface area contributed by atoms with Crippen molar-refractivity contribution in [3.05, 3.63) is 59.7 Å². The van der Waals surface area contributed by atoms with Crippen molar-refractivity contribution in [2.45, 2.75) is 13.8 Å². The Kier molecular flexibility index (Phi) is 4.77. The predicted octanol–water partition coefficient (Wildman–Crippen LogP) is 3.78. The van der Waals surface area contributed by atoms with Crippen LogP contribution >= 0.6 is 0 Å². The Bertz CT molecular complexity index is 579. The monoisotopic (exact) mass is 268 g/mol. The third-order valence-corrected chi connectivity index (χ3v) is 3.07. The zero-order valence-electron chi connectivity index (χ0n) is 11.9. The number of hydrogen-bond acceptors (Lipinski definition) is 3. The van der Waals surface area contributed by atoms with Gasteiger partial charge in [0, 0.05) is 24.2 Å². The van der Waals surface area contributed by atoms with Crippen LogP contribution in [0, 0.1) is 0 Å². The fourth-order valence-electron chi connectivity index (χ4n) is 2.19. The van der Waals surface area contributed by atoms with Gasteiger partial charge in [0.15, 0.2) is 5.78 Å². The summed E-state index contributed by atoms with van der Waals surface area (Å²) < 4.78 is 0. The van der Waals surface area contributed by atoms with E-state index in [0.717, 1.165) is 24.5 Å². The lowest BCUT2D eigenvalue weighted by Gasteiger charge is -2.16. The molecule has 0 aromatic heterocycles. The molecular formula is C17H20N2O. The molecule has 0 amide bonds. The van der Waals surface area contributed by atoms with Gasteiger partial charge < -0.3 is 10.6 Å². The van der Waals surface area contributed by atoms with E-state index < -0.39 is 0 Å². The van der Waals surface area contributed by atoms with Crippen LogP contribution < -0.4 is 10.6 Å². The topological polar surface area (TPSA) is 41.1 Å². The number of rotatable bonds is 6. The molecule has 0 unspecified atom stereocenters. The van der Waals surface area contributed by atoms with Crippen molar-refractivity contribution in [3.8, 4) is 0 Å². The molecule has 0 saturated heterocycles. The summed E-state index contributed by atoms with van der Waals surface area (Å²) in [6.45, 7) is 5.67. The highest BCUT2D eigenvalue weighted by molar-refractivity contribution is 6.13. The van der Waals surface area contributed by atoms with Gasteiger partial charge in [0.1, 0.15) is 0 Å². The summed E-state index contributed by atoms with van der Waals surface area (Å²) in [5.74, 6) is 0.0429. The number of anilines is 2. The van der Waals surface area contributed by atoms with Crippen LogP contribution in [0.3, 0.4) is 0 Å². The Morgan fingerprint density at radius 3 is 2.25 bits per heavy atom. The molecular weight excluding hydrogens is 248 g/mol. The molecule has 0 aliphatic heterocycles. The summed E-state index contributed by atoms with van der Waals surface area (Å²) >= 11 is 0. The molecule has 0 radical (unpaired) electrons. The van der Waals surface area contributed by atoms with E-state index >= 15 is 0 Å². The van der Waals surface area contributed by atoms with Crippen LogP contribution in [0.5, 0.6) is 0 Å². The number of ketones is 1. The highest BCUT2D eigenvalue weighted by Crippen LogP contribution is 2.28. The summed E-state index contributed by atoms with van der Waals surface area (Å²) in [5.41, 5.74) is 3.26. The van der Waals surface area contributed by atoms with E-state index in [2.05, 4.69) is 10.6 Å². The highest BCUT2D eigenvalue weighted by atomic mass is 16.1. The molecule has 3 nitrogen and oxygen atoms in total. The molecule has 0 aliphatic carbocycles. The average Bonchev–Trinajstić information content (AvgIpc) is 2.49. The quantitative estimate of drug-likeness (QED) is 0.783. The van der Waals surface area contributed by atoms with Crippen molar-refractivity contribution >= 4 is 17.2 Å². The third kappa shape index (κ3) is 2.99. The molecule has 0 saturated carbocycles. The van der Waals surface area contributed by atoms with E-state index in [1.807, 2.05) is 62.4 Å². The third-order valence-electron chi connectivity index (χ3n) is 3.07. The summed E-state index contributed by atoms with van der Waals surface area (Å²) in [6, 6.07) is 15.1. The lowest BCUT2D eigenvalue weighted by atomic mass is 10.0. The number of carbonyl (C=O) groups is 1. The minimum absolute atomic E-state index is 0.0429. The molecule has 0 bridgehead atoms. The number of carbonyl (C=O) groups excluding carboxylic acids is 1. The number of benzene rings is 2. The van der Waals surface area contributed by atoms with Crippen LogP contribution in [0.25, 0.3) is 0 Å². The van der Waals surface area contributed by atoms with E-state index in [-0.39, 0.29) is 5.78 Å². The smallest absolute Gasteiger partial charge is 0.195 e. The van der Waals surface area contributed by atoms with Gasteiger partial charge in [0.25, 0.3) is 0 Å². The van der Waals surface area contributed by atoms with E-state index in [1.165, 1.54) is 0 Å². The maximum absolute atomic E-state index is 12.6. The molecule has 0 spiro atoms. The fraction of sp³-hybridized carbons (Fsp3) is 0.235. The molecule has 2 aromatic rings. The summed E-state index contributed by atoms with van der Waals surface area (Å²) in [5, 5.41) is 6.59. The van der Waals surface area contributed by atoms with Crippen LogP contribution in [0.1, 0.15) is 29.8 Å². The lowest BCUT2D eigenvalue weighted by Crippen LogP contribution is -2.11. The van der Waals surface area contributed by atoms with Crippen molar-refractivity contribution in [1.29, 1.82) is 0 Å². The molecule has 20 heavy (non-hydrogen) atoms. The van der Waals surface area contributed by atoms with Crippen LogP contribution in [0.15, 0.2) is 48.5 Å². The zero-order chi connectivity index (χ0) is 14.4. The van der Waals surface area contributed by atoms with Gasteiger partial charge in [-0.15, -0.1) is 0 Å². The van der Waals surface area contributed by atoms with E-state index in [0.29, 0.717) is 11.1 Å². The van der Waals surface area contributed by atoms with Gasteiger partial charge in [-0.1, -0.05) is 36.4 Å². The molecule has 0 heterocycles. The van der Waals surface area contributed by atoms with E-state index in [4.69, 9.17) is 0 Å².